The molecule has 0 aromatic carbocycles. The predicted octanol–water partition coefficient (Wildman–Crippen LogP) is 1.66. The summed E-state index contributed by atoms with van der Waals surface area (Å²) in [5, 5.41) is 3.50. The first-order valence-electron chi connectivity index (χ1n) is 4.83. The van der Waals surface area contributed by atoms with Crippen LogP contribution in [-0.4, -0.2) is 25.8 Å². The molecule has 1 saturated heterocycles. The van der Waals surface area contributed by atoms with Crippen LogP contribution < -0.4 is 5.32 Å². The van der Waals surface area contributed by atoms with Crippen molar-refractivity contribution in [3.8, 4) is 0 Å². The van der Waals surface area contributed by atoms with E-state index in [1.165, 1.54) is 0 Å². The van der Waals surface area contributed by atoms with Gasteiger partial charge in [0.2, 0.25) is 0 Å². The van der Waals surface area contributed by atoms with E-state index in [9.17, 15) is 0 Å². The maximum absolute atomic E-state index is 5.44. The zero-order valence-corrected chi connectivity index (χ0v) is 8.68. The molecule has 1 aliphatic heterocycles. The maximum atomic E-state index is 5.44. The lowest BCUT2D eigenvalue weighted by atomic mass is 9.77. The summed E-state index contributed by atoms with van der Waals surface area (Å²) < 4.78 is 5.44. The molecule has 2 nitrogen and oxygen atoms in total. The zero-order chi connectivity index (χ0) is 9.19. The van der Waals surface area contributed by atoms with Crippen LogP contribution in [0.25, 0.3) is 0 Å². The fraction of sp³-hybridized carbons (Fsp3) is 1.00. The van der Waals surface area contributed by atoms with Gasteiger partial charge in [0.05, 0.1) is 13.2 Å². The van der Waals surface area contributed by atoms with Crippen LogP contribution >= 0.6 is 0 Å². The van der Waals surface area contributed by atoms with E-state index in [0.29, 0.717) is 17.4 Å². The maximum Gasteiger partial charge on any atom is 0.0623 e. The fourth-order valence-corrected chi connectivity index (χ4v) is 1.51. The molecule has 1 aliphatic rings. The summed E-state index contributed by atoms with van der Waals surface area (Å²) in [6.07, 6.45) is 0. The van der Waals surface area contributed by atoms with Crippen molar-refractivity contribution < 1.29 is 4.74 Å². The average molecular weight is 171 g/mol. The van der Waals surface area contributed by atoms with E-state index in [1.54, 1.807) is 0 Å². The van der Waals surface area contributed by atoms with Crippen LogP contribution in [0.4, 0.5) is 0 Å². The van der Waals surface area contributed by atoms with Gasteiger partial charge in [0, 0.05) is 12.6 Å². The first-order chi connectivity index (χ1) is 5.52. The Morgan fingerprint density at radius 3 is 2.50 bits per heavy atom. The third-order valence-electron chi connectivity index (χ3n) is 2.92. The van der Waals surface area contributed by atoms with Gasteiger partial charge in [-0.1, -0.05) is 27.7 Å². The van der Waals surface area contributed by atoms with Crippen molar-refractivity contribution in [1.29, 1.82) is 0 Å². The summed E-state index contributed by atoms with van der Waals surface area (Å²) in [5.74, 6) is 0.665. The van der Waals surface area contributed by atoms with Crippen LogP contribution in [0.3, 0.4) is 0 Å². The summed E-state index contributed by atoms with van der Waals surface area (Å²) in [7, 11) is 0. The molecule has 0 amide bonds. The molecule has 0 aromatic rings. The predicted molar refractivity (Wildman–Crippen MR) is 51.2 cm³/mol. The van der Waals surface area contributed by atoms with E-state index in [0.717, 1.165) is 19.8 Å². The van der Waals surface area contributed by atoms with E-state index in [1.807, 2.05) is 0 Å². The summed E-state index contributed by atoms with van der Waals surface area (Å²) in [6.45, 7) is 11.9. The van der Waals surface area contributed by atoms with Crippen molar-refractivity contribution in [1.82, 2.24) is 5.32 Å². The Kier molecular flexibility index (Phi) is 3.13. The number of hydrogen-bond donors (Lipinski definition) is 1. The second-order valence-corrected chi connectivity index (χ2v) is 4.79. The van der Waals surface area contributed by atoms with Gasteiger partial charge in [0.1, 0.15) is 0 Å². The lowest BCUT2D eigenvalue weighted by Gasteiger charge is -2.37. The number of hydrogen-bond acceptors (Lipinski definition) is 2. The Balaban J connectivity index is 2.45. The molecule has 0 bridgehead atoms. The number of morpholine rings is 1. The minimum absolute atomic E-state index is 0.373. The molecule has 0 radical (unpaired) electrons. The molecule has 0 saturated carbocycles. The molecule has 1 fully saturated rings. The SMILES string of the molecule is CC(C1COCCN1)C(C)(C)C. The molecule has 2 atom stereocenters. The van der Waals surface area contributed by atoms with E-state index < -0.39 is 0 Å². The van der Waals surface area contributed by atoms with Crippen LogP contribution in [0.2, 0.25) is 0 Å². The van der Waals surface area contributed by atoms with Gasteiger partial charge in [0.25, 0.3) is 0 Å². The Bertz CT molecular complexity index is 133. The first kappa shape index (κ1) is 10.0. The van der Waals surface area contributed by atoms with Crippen molar-refractivity contribution in [2.75, 3.05) is 19.8 Å². The van der Waals surface area contributed by atoms with Gasteiger partial charge < -0.3 is 10.1 Å². The Hall–Kier alpha value is -0.0800. The second kappa shape index (κ2) is 3.75. The van der Waals surface area contributed by atoms with Crippen LogP contribution in [0, 0.1) is 11.3 Å². The van der Waals surface area contributed by atoms with Gasteiger partial charge in [-0.2, -0.15) is 0 Å². The van der Waals surface area contributed by atoms with Gasteiger partial charge in [-0.05, 0) is 11.3 Å². The molecule has 0 aliphatic carbocycles. The van der Waals surface area contributed by atoms with E-state index in [-0.39, 0.29) is 0 Å². The average Bonchev–Trinajstić information content (AvgIpc) is 2.03. The lowest BCUT2D eigenvalue weighted by molar-refractivity contribution is 0.0361. The largest absolute Gasteiger partial charge is 0.379 e. The van der Waals surface area contributed by atoms with Crippen LogP contribution in [0.15, 0.2) is 0 Å². The van der Waals surface area contributed by atoms with Crippen molar-refractivity contribution in [3.05, 3.63) is 0 Å². The molecule has 2 heteroatoms. The normalized spacial score (nSPS) is 28.5. The van der Waals surface area contributed by atoms with Gasteiger partial charge >= 0.3 is 0 Å². The van der Waals surface area contributed by atoms with Crippen molar-refractivity contribution in [3.63, 3.8) is 0 Å². The van der Waals surface area contributed by atoms with Gasteiger partial charge in [-0.3, -0.25) is 0 Å². The fourth-order valence-electron chi connectivity index (χ4n) is 1.51. The molecule has 0 aromatic heterocycles. The van der Waals surface area contributed by atoms with Crippen molar-refractivity contribution in [2.24, 2.45) is 11.3 Å². The lowest BCUT2D eigenvalue weighted by Crippen LogP contribution is -2.48. The van der Waals surface area contributed by atoms with Gasteiger partial charge in [-0.25, -0.2) is 0 Å². The standard InChI is InChI=1S/C10H21NO/c1-8(10(2,3)4)9-7-12-6-5-11-9/h8-9,11H,5-7H2,1-4H3. The number of rotatable bonds is 1. The minimum atomic E-state index is 0.373. The third-order valence-corrected chi connectivity index (χ3v) is 2.92. The molecular formula is C10H21NO. The Morgan fingerprint density at radius 2 is 2.08 bits per heavy atom. The summed E-state index contributed by atoms with van der Waals surface area (Å²) >= 11 is 0. The Labute approximate surface area is 75.7 Å². The first-order valence-corrected chi connectivity index (χ1v) is 4.83. The van der Waals surface area contributed by atoms with Crippen LogP contribution in [-0.2, 0) is 4.74 Å². The number of ether oxygens (including phenoxy) is 1. The smallest absolute Gasteiger partial charge is 0.0623 e. The summed E-state index contributed by atoms with van der Waals surface area (Å²) in [4.78, 5) is 0. The highest BCUT2D eigenvalue weighted by molar-refractivity contribution is 4.83. The molecule has 1 rings (SSSR count). The molecular weight excluding hydrogens is 150 g/mol. The summed E-state index contributed by atoms with van der Waals surface area (Å²) in [6, 6.07) is 0.541. The van der Waals surface area contributed by atoms with Crippen LogP contribution in [0.5, 0.6) is 0 Å². The topological polar surface area (TPSA) is 21.3 Å². The highest BCUT2D eigenvalue weighted by Gasteiger charge is 2.29. The molecule has 0 spiro atoms. The molecule has 72 valence electrons. The highest BCUT2D eigenvalue weighted by atomic mass is 16.5. The summed E-state index contributed by atoms with van der Waals surface area (Å²) in [5.41, 5.74) is 0.373. The van der Waals surface area contributed by atoms with Crippen molar-refractivity contribution >= 4 is 0 Å². The highest BCUT2D eigenvalue weighted by Crippen LogP contribution is 2.28. The Morgan fingerprint density at radius 1 is 1.42 bits per heavy atom. The molecule has 12 heavy (non-hydrogen) atoms. The number of nitrogens with one attached hydrogen (secondary N) is 1. The van der Waals surface area contributed by atoms with E-state index in [4.69, 9.17) is 4.74 Å². The third kappa shape index (κ3) is 2.46. The second-order valence-electron chi connectivity index (χ2n) is 4.79. The van der Waals surface area contributed by atoms with E-state index >= 15 is 0 Å². The van der Waals surface area contributed by atoms with Crippen molar-refractivity contribution in [2.45, 2.75) is 33.7 Å². The monoisotopic (exact) mass is 171 g/mol. The van der Waals surface area contributed by atoms with Crippen LogP contribution in [0.1, 0.15) is 27.7 Å². The van der Waals surface area contributed by atoms with Gasteiger partial charge in [0.15, 0.2) is 0 Å². The molecule has 1 heterocycles. The van der Waals surface area contributed by atoms with Gasteiger partial charge in [-0.15, -0.1) is 0 Å². The minimum Gasteiger partial charge on any atom is -0.379 e. The molecule has 2 unspecified atom stereocenters. The molecule has 1 N–H and O–H groups in total. The van der Waals surface area contributed by atoms with E-state index in [2.05, 4.69) is 33.0 Å². The quantitative estimate of drug-likeness (QED) is 0.648. The zero-order valence-electron chi connectivity index (χ0n) is 8.68.